The van der Waals surface area contributed by atoms with Gasteiger partial charge in [-0.2, -0.15) is 12.6 Å². The molecule has 0 aliphatic heterocycles. The number of thiol groups is 1. The number of amides is 1. The Bertz CT molecular complexity index is 864. The van der Waals surface area contributed by atoms with E-state index in [0.29, 0.717) is 0 Å². The second-order valence-electron chi connectivity index (χ2n) is 6.10. The van der Waals surface area contributed by atoms with Crippen LogP contribution in [-0.2, 0) is 10.0 Å². The highest BCUT2D eigenvalue weighted by Gasteiger charge is 2.17. The van der Waals surface area contributed by atoms with E-state index in [1.165, 1.54) is 49.9 Å². The number of rotatable bonds is 7. The van der Waals surface area contributed by atoms with Crippen LogP contribution in [0.2, 0.25) is 0 Å². The monoisotopic (exact) mass is 436 g/mol. The van der Waals surface area contributed by atoms with Crippen LogP contribution in [0.4, 0.5) is 0 Å². The van der Waals surface area contributed by atoms with Crippen LogP contribution in [0.3, 0.4) is 0 Å². The van der Waals surface area contributed by atoms with Gasteiger partial charge < -0.3 is 5.73 Å². The second kappa shape index (κ2) is 14.7. The van der Waals surface area contributed by atoms with Gasteiger partial charge in [-0.25, -0.2) is 12.4 Å². The molecule has 0 saturated carbocycles. The van der Waals surface area contributed by atoms with E-state index in [0.717, 1.165) is 15.3 Å². The van der Waals surface area contributed by atoms with E-state index in [-0.39, 0.29) is 10.5 Å². The Morgan fingerprint density at radius 3 is 2.17 bits per heavy atom. The number of hydrogen-bond donors (Lipinski definition) is 2. The number of hydrogen-bond acceptors (Lipinski definition) is 4. The highest BCUT2D eigenvalue weighted by atomic mass is 32.2. The number of aromatic nitrogens is 1. The van der Waals surface area contributed by atoms with Gasteiger partial charge in [0, 0.05) is 12.4 Å². The number of allylic oxidation sites excluding steroid dienone is 3. The Hall–Kier alpha value is -2.25. The molecule has 5 nitrogen and oxygen atoms in total. The lowest BCUT2D eigenvalue weighted by atomic mass is 10.2. The third kappa shape index (κ3) is 10.2. The minimum atomic E-state index is -3.66. The summed E-state index contributed by atoms with van der Waals surface area (Å²) >= 11 is 4.05. The third-order valence-electron chi connectivity index (χ3n) is 3.64. The average molecular weight is 437 g/mol. The summed E-state index contributed by atoms with van der Waals surface area (Å²) in [5.74, 6) is 0.390. The Morgan fingerprint density at radius 2 is 1.83 bits per heavy atom. The summed E-state index contributed by atoms with van der Waals surface area (Å²) in [7, 11) is -3.66. The molecule has 1 aromatic carbocycles. The number of nitrogens with zero attached hydrogens (tertiary/aromatic N) is 1. The van der Waals surface area contributed by atoms with Crippen LogP contribution in [0, 0.1) is 6.92 Å². The van der Waals surface area contributed by atoms with E-state index >= 15 is 0 Å². The zero-order chi connectivity index (χ0) is 22.3. The lowest BCUT2D eigenvalue weighted by Crippen LogP contribution is -2.13. The predicted molar refractivity (Wildman–Crippen MR) is 125 cm³/mol. The molecule has 1 aromatic heterocycles. The number of carbonyl (C=O) groups is 1. The highest BCUT2D eigenvalue weighted by Crippen LogP contribution is 2.15. The van der Waals surface area contributed by atoms with Gasteiger partial charge in [0.1, 0.15) is 0 Å². The van der Waals surface area contributed by atoms with E-state index in [2.05, 4.69) is 26.1 Å². The molecule has 7 heteroatoms. The van der Waals surface area contributed by atoms with Crippen LogP contribution >= 0.6 is 12.6 Å². The third-order valence-corrected chi connectivity index (χ3v) is 5.60. The summed E-state index contributed by atoms with van der Waals surface area (Å²) in [5.41, 5.74) is 6.21. The molecule has 0 radical (unpaired) electrons. The Morgan fingerprint density at radius 1 is 1.21 bits per heavy atom. The first-order chi connectivity index (χ1) is 13.7. The SMILES string of the molecule is C=C/C=C\C.CCCCCS.Cc1ccc(S(=O)(=O)n2ccc(C(N)=O)c2)cc1. The molecule has 2 rings (SSSR count). The number of unbranched alkanes of at least 4 members (excludes halogenated alkanes) is 2. The number of nitrogens with two attached hydrogens (primary N) is 1. The number of primary amides is 1. The average Bonchev–Trinajstić information content (AvgIpc) is 3.20. The van der Waals surface area contributed by atoms with Crippen molar-refractivity contribution in [2.24, 2.45) is 5.73 Å². The van der Waals surface area contributed by atoms with Gasteiger partial charge in [0.05, 0.1) is 10.5 Å². The molecule has 2 aromatic rings. The number of carbonyl (C=O) groups excluding carboxylic acids is 1. The van der Waals surface area contributed by atoms with Crippen LogP contribution < -0.4 is 5.73 Å². The largest absolute Gasteiger partial charge is 0.366 e. The maximum Gasteiger partial charge on any atom is 0.267 e. The van der Waals surface area contributed by atoms with Crippen molar-refractivity contribution in [2.45, 2.75) is 44.9 Å². The first-order valence-electron chi connectivity index (χ1n) is 9.39. The molecule has 0 atom stereocenters. The maximum atomic E-state index is 12.2. The minimum Gasteiger partial charge on any atom is -0.366 e. The van der Waals surface area contributed by atoms with Crippen molar-refractivity contribution in [1.82, 2.24) is 3.97 Å². The van der Waals surface area contributed by atoms with Crippen molar-refractivity contribution in [1.29, 1.82) is 0 Å². The van der Waals surface area contributed by atoms with Gasteiger partial charge in [-0.1, -0.05) is 62.3 Å². The van der Waals surface area contributed by atoms with E-state index in [1.54, 1.807) is 18.2 Å². The summed E-state index contributed by atoms with van der Waals surface area (Å²) in [6, 6.07) is 7.84. The normalized spacial score (nSPS) is 10.5. The molecule has 0 fully saturated rings. The minimum absolute atomic E-state index is 0.158. The molecular formula is C22H32N2O3S2. The van der Waals surface area contributed by atoms with E-state index in [9.17, 15) is 13.2 Å². The molecule has 0 unspecified atom stereocenters. The standard InChI is InChI=1S/C12H12N2O3S.C5H12S.C5H8/c1-9-2-4-11(5-3-9)18(16,17)14-7-6-10(8-14)12(13)15;1-2-3-4-5-6;1-3-5-4-2/h2-8H,1H3,(H2,13,15);6H,2-5H2,1H3;3-5H,1H2,2H3/b;;5-4-. The molecule has 2 N–H and O–H groups in total. The molecule has 0 spiro atoms. The molecule has 160 valence electrons. The molecular weight excluding hydrogens is 404 g/mol. The molecule has 0 aliphatic carbocycles. The zero-order valence-electron chi connectivity index (χ0n) is 17.4. The fourth-order valence-corrected chi connectivity index (χ4v) is 3.42. The van der Waals surface area contributed by atoms with Gasteiger partial charge in [0.15, 0.2) is 0 Å². The fourth-order valence-electron chi connectivity index (χ4n) is 2.00. The summed E-state index contributed by atoms with van der Waals surface area (Å²) in [6.07, 6.45) is 12.0. The van der Waals surface area contributed by atoms with Crippen molar-refractivity contribution >= 4 is 28.6 Å². The van der Waals surface area contributed by atoms with Crippen molar-refractivity contribution < 1.29 is 13.2 Å². The van der Waals surface area contributed by atoms with Crippen LogP contribution in [0.25, 0.3) is 0 Å². The number of aryl methyl sites for hydroxylation is 1. The van der Waals surface area contributed by atoms with Gasteiger partial charge >= 0.3 is 0 Å². The van der Waals surface area contributed by atoms with Crippen LogP contribution in [0.1, 0.15) is 49.0 Å². The Kier molecular flexibility index (Phi) is 13.6. The van der Waals surface area contributed by atoms with Crippen molar-refractivity contribution in [3.05, 3.63) is 78.7 Å². The molecule has 1 amide bonds. The molecule has 0 bridgehead atoms. The van der Waals surface area contributed by atoms with Gasteiger partial charge in [-0.15, -0.1) is 0 Å². The van der Waals surface area contributed by atoms with Gasteiger partial charge in [0.25, 0.3) is 10.0 Å². The van der Waals surface area contributed by atoms with Crippen molar-refractivity contribution in [2.75, 3.05) is 5.75 Å². The molecule has 0 aliphatic rings. The molecule has 0 saturated heterocycles. The van der Waals surface area contributed by atoms with E-state index < -0.39 is 15.9 Å². The van der Waals surface area contributed by atoms with Gasteiger partial charge in [0.2, 0.25) is 5.91 Å². The van der Waals surface area contributed by atoms with Gasteiger partial charge in [-0.05, 0) is 44.2 Å². The molecule has 1 heterocycles. The Labute approximate surface area is 180 Å². The second-order valence-corrected chi connectivity index (χ2v) is 8.40. The smallest absolute Gasteiger partial charge is 0.267 e. The zero-order valence-corrected chi connectivity index (χ0v) is 19.1. The summed E-state index contributed by atoms with van der Waals surface area (Å²) < 4.78 is 25.4. The summed E-state index contributed by atoms with van der Waals surface area (Å²) in [6.45, 7) is 9.49. The number of benzene rings is 1. The van der Waals surface area contributed by atoms with Crippen LogP contribution in [0.15, 0.2) is 72.4 Å². The quantitative estimate of drug-likeness (QED) is 0.364. The lowest BCUT2D eigenvalue weighted by Gasteiger charge is -2.05. The van der Waals surface area contributed by atoms with Gasteiger partial charge in [-0.3, -0.25) is 4.79 Å². The fraction of sp³-hybridized carbons (Fsp3) is 0.318. The van der Waals surface area contributed by atoms with Crippen molar-refractivity contribution in [3.63, 3.8) is 0 Å². The predicted octanol–water partition coefficient (Wildman–Crippen LogP) is 4.99. The highest BCUT2D eigenvalue weighted by molar-refractivity contribution is 7.90. The first kappa shape index (κ1) is 26.8. The topological polar surface area (TPSA) is 82.2 Å². The lowest BCUT2D eigenvalue weighted by molar-refractivity contribution is 0.100. The molecule has 29 heavy (non-hydrogen) atoms. The summed E-state index contributed by atoms with van der Waals surface area (Å²) in [5, 5.41) is 0. The first-order valence-corrected chi connectivity index (χ1v) is 11.5. The maximum absolute atomic E-state index is 12.2. The van der Waals surface area contributed by atoms with Crippen LogP contribution in [0.5, 0.6) is 0 Å². The van der Waals surface area contributed by atoms with E-state index in [4.69, 9.17) is 5.73 Å². The van der Waals surface area contributed by atoms with E-state index in [1.807, 2.05) is 26.0 Å². The Balaban J connectivity index is 0.000000591. The summed E-state index contributed by atoms with van der Waals surface area (Å²) in [4.78, 5) is 11.1. The van der Waals surface area contributed by atoms with Crippen LogP contribution in [-0.4, -0.2) is 24.1 Å². The van der Waals surface area contributed by atoms with Crippen molar-refractivity contribution in [3.8, 4) is 0 Å².